The third kappa shape index (κ3) is 3.18. The first-order chi connectivity index (χ1) is 8.91. The van der Waals surface area contributed by atoms with E-state index in [2.05, 4.69) is 55.6 Å². The van der Waals surface area contributed by atoms with E-state index in [-0.39, 0.29) is 11.6 Å². The fourth-order valence-corrected chi connectivity index (χ4v) is 3.19. The minimum absolute atomic E-state index is 0.0662. The van der Waals surface area contributed by atoms with E-state index < -0.39 is 0 Å². The van der Waals surface area contributed by atoms with Gasteiger partial charge in [0.05, 0.1) is 5.69 Å². The molecular weight excluding hydrogens is 236 g/mol. The summed E-state index contributed by atoms with van der Waals surface area (Å²) in [6.45, 7) is 9.53. The molecule has 1 unspecified atom stereocenters. The molecule has 0 saturated heterocycles. The first-order valence-corrected chi connectivity index (χ1v) is 7.37. The molecule has 19 heavy (non-hydrogen) atoms. The first kappa shape index (κ1) is 16.2. The number of aryl methyl sites for hydroxylation is 2. The van der Waals surface area contributed by atoms with Crippen LogP contribution < -0.4 is 5.73 Å². The van der Waals surface area contributed by atoms with Crippen LogP contribution in [0.1, 0.15) is 45.0 Å². The summed E-state index contributed by atoms with van der Waals surface area (Å²) < 4.78 is 2.07. The van der Waals surface area contributed by atoms with Crippen LogP contribution in [0.15, 0.2) is 6.07 Å². The van der Waals surface area contributed by atoms with Crippen molar-refractivity contribution in [2.45, 2.75) is 65.1 Å². The second-order valence-electron chi connectivity index (χ2n) is 5.61. The number of rotatable bonds is 7. The molecule has 0 amide bonds. The highest BCUT2D eigenvalue weighted by Gasteiger charge is 2.35. The van der Waals surface area contributed by atoms with Crippen molar-refractivity contribution < 1.29 is 0 Å². The highest BCUT2D eigenvalue weighted by atomic mass is 15.3. The van der Waals surface area contributed by atoms with Gasteiger partial charge in [0.2, 0.25) is 0 Å². The molecule has 2 N–H and O–H groups in total. The molecule has 0 saturated carbocycles. The van der Waals surface area contributed by atoms with Gasteiger partial charge in [-0.15, -0.1) is 0 Å². The maximum absolute atomic E-state index is 6.56. The van der Waals surface area contributed by atoms with E-state index in [0.29, 0.717) is 0 Å². The van der Waals surface area contributed by atoms with Gasteiger partial charge in [0.15, 0.2) is 0 Å². The Morgan fingerprint density at radius 3 is 2.32 bits per heavy atom. The van der Waals surface area contributed by atoms with Crippen molar-refractivity contribution in [1.82, 2.24) is 14.7 Å². The van der Waals surface area contributed by atoms with Crippen molar-refractivity contribution in [2.75, 3.05) is 14.1 Å². The Balaban J connectivity index is 2.96. The minimum atomic E-state index is 0.0662. The Morgan fingerprint density at radius 2 is 1.89 bits per heavy atom. The molecule has 110 valence electrons. The van der Waals surface area contributed by atoms with E-state index in [1.165, 1.54) is 5.69 Å². The van der Waals surface area contributed by atoms with Crippen molar-refractivity contribution in [3.63, 3.8) is 0 Å². The van der Waals surface area contributed by atoms with Crippen molar-refractivity contribution in [2.24, 2.45) is 5.73 Å². The summed E-state index contributed by atoms with van der Waals surface area (Å²) in [6.07, 6.45) is 3.02. The summed E-state index contributed by atoms with van der Waals surface area (Å²) in [6, 6.07) is 2.29. The van der Waals surface area contributed by atoms with E-state index in [4.69, 9.17) is 5.73 Å². The standard InChI is InChI=1S/C15H30N4/c1-7-15(8-2,18(5)6)14(16)11-13-10-12(4)17-19(13)9-3/h10,14H,7-9,11,16H2,1-6H3. The predicted octanol–water partition coefficient (Wildman–Crippen LogP) is 2.20. The van der Waals surface area contributed by atoms with Gasteiger partial charge >= 0.3 is 0 Å². The first-order valence-electron chi connectivity index (χ1n) is 7.37. The summed E-state index contributed by atoms with van der Waals surface area (Å²) in [4.78, 5) is 2.29. The Bertz CT molecular complexity index is 391. The molecule has 0 aliphatic heterocycles. The van der Waals surface area contributed by atoms with Crippen LogP contribution in [-0.2, 0) is 13.0 Å². The molecule has 4 heteroatoms. The lowest BCUT2D eigenvalue weighted by Crippen LogP contribution is -2.57. The maximum atomic E-state index is 6.56. The minimum Gasteiger partial charge on any atom is -0.326 e. The zero-order chi connectivity index (χ0) is 14.6. The van der Waals surface area contributed by atoms with Gasteiger partial charge in [-0.25, -0.2) is 0 Å². The molecule has 0 radical (unpaired) electrons. The van der Waals surface area contributed by atoms with Gasteiger partial charge < -0.3 is 10.6 Å². The van der Waals surface area contributed by atoms with Gasteiger partial charge in [-0.2, -0.15) is 5.10 Å². The van der Waals surface area contributed by atoms with Crippen molar-refractivity contribution in [3.05, 3.63) is 17.5 Å². The van der Waals surface area contributed by atoms with Gasteiger partial charge in [0.1, 0.15) is 0 Å². The van der Waals surface area contributed by atoms with Crippen LogP contribution in [0.4, 0.5) is 0 Å². The van der Waals surface area contributed by atoms with Gasteiger partial charge in [-0.1, -0.05) is 13.8 Å². The zero-order valence-corrected chi connectivity index (χ0v) is 13.4. The van der Waals surface area contributed by atoms with Gasteiger partial charge in [0, 0.05) is 30.2 Å². The Kier molecular flexibility index (Phi) is 5.56. The molecule has 1 rings (SSSR count). The largest absolute Gasteiger partial charge is 0.326 e. The average Bonchev–Trinajstić information content (AvgIpc) is 2.71. The van der Waals surface area contributed by atoms with Gasteiger partial charge in [-0.3, -0.25) is 4.68 Å². The van der Waals surface area contributed by atoms with Gasteiger partial charge in [0.25, 0.3) is 0 Å². The van der Waals surface area contributed by atoms with Crippen LogP contribution >= 0.6 is 0 Å². The molecular formula is C15H30N4. The van der Waals surface area contributed by atoms with Crippen LogP contribution in [0.5, 0.6) is 0 Å². The topological polar surface area (TPSA) is 47.1 Å². The third-order valence-corrected chi connectivity index (χ3v) is 4.52. The van der Waals surface area contributed by atoms with Crippen molar-refractivity contribution in [1.29, 1.82) is 0 Å². The van der Waals surface area contributed by atoms with Crippen molar-refractivity contribution in [3.8, 4) is 0 Å². The summed E-state index contributed by atoms with van der Waals surface area (Å²) in [5.74, 6) is 0. The molecule has 1 heterocycles. The van der Waals surface area contributed by atoms with E-state index in [0.717, 1.165) is 31.5 Å². The number of hydrogen-bond donors (Lipinski definition) is 1. The zero-order valence-electron chi connectivity index (χ0n) is 13.4. The van der Waals surface area contributed by atoms with Gasteiger partial charge in [-0.05, 0) is 46.9 Å². The van der Waals surface area contributed by atoms with Crippen molar-refractivity contribution >= 4 is 0 Å². The quantitative estimate of drug-likeness (QED) is 0.823. The number of aromatic nitrogens is 2. The lowest BCUT2D eigenvalue weighted by Gasteiger charge is -2.43. The van der Waals surface area contributed by atoms with E-state index in [1.807, 2.05) is 6.92 Å². The molecule has 1 aromatic rings. The smallest absolute Gasteiger partial charge is 0.0596 e. The molecule has 0 aliphatic carbocycles. The molecule has 1 aromatic heterocycles. The summed E-state index contributed by atoms with van der Waals surface area (Å²) >= 11 is 0. The lowest BCUT2D eigenvalue weighted by atomic mass is 9.81. The molecule has 0 fully saturated rings. The monoisotopic (exact) mass is 266 g/mol. The van der Waals surface area contributed by atoms with Crippen LogP contribution in [0.2, 0.25) is 0 Å². The van der Waals surface area contributed by atoms with E-state index >= 15 is 0 Å². The molecule has 0 aromatic carbocycles. The molecule has 4 nitrogen and oxygen atoms in total. The van der Waals surface area contributed by atoms with E-state index in [1.54, 1.807) is 0 Å². The maximum Gasteiger partial charge on any atom is 0.0596 e. The average molecular weight is 266 g/mol. The Labute approximate surface area is 118 Å². The summed E-state index contributed by atoms with van der Waals surface area (Å²) in [5, 5.41) is 4.51. The second kappa shape index (κ2) is 6.53. The fourth-order valence-electron chi connectivity index (χ4n) is 3.19. The highest BCUT2D eigenvalue weighted by Crippen LogP contribution is 2.26. The van der Waals surface area contributed by atoms with Crippen LogP contribution in [-0.4, -0.2) is 40.4 Å². The summed E-state index contributed by atoms with van der Waals surface area (Å²) in [7, 11) is 4.27. The Hall–Kier alpha value is -0.870. The number of nitrogens with two attached hydrogens (primary N) is 1. The second-order valence-corrected chi connectivity index (χ2v) is 5.61. The fraction of sp³-hybridized carbons (Fsp3) is 0.800. The Morgan fingerprint density at radius 1 is 1.32 bits per heavy atom. The molecule has 0 aliphatic rings. The number of hydrogen-bond acceptors (Lipinski definition) is 3. The predicted molar refractivity (Wildman–Crippen MR) is 81.3 cm³/mol. The molecule has 0 spiro atoms. The van der Waals surface area contributed by atoms with Crippen LogP contribution in [0.25, 0.3) is 0 Å². The third-order valence-electron chi connectivity index (χ3n) is 4.52. The van der Waals surface area contributed by atoms with E-state index in [9.17, 15) is 0 Å². The SMILES string of the molecule is CCn1nc(C)cc1CC(N)C(CC)(CC)N(C)C. The lowest BCUT2D eigenvalue weighted by molar-refractivity contribution is 0.105. The summed E-state index contributed by atoms with van der Waals surface area (Å²) in [5.41, 5.74) is 8.95. The number of nitrogens with zero attached hydrogens (tertiary/aromatic N) is 3. The molecule has 0 bridgehead atoms. The number of likely N-dealkylation sites (N-methyl/N-ethyl adjacent to an activating group) is 1. The molecule has 1 atom stereocenters. The highest BCUT2D eigenvalue weighted by molar-refractivity contribution is 5.13. The van der Waals surface area contributed by atoms with Crippen LogP contribution in [0.3, 0.4) is 0 Å². The van der Waals surface area contributed by atoms with Crippen LogP contribution in [0, 0.1) is 6.92 Å². The normalized spacial score (nSPS) is 14.1.